The smallest absolute Gasteiger partial charge is 0.220 e. The van der Waals surface area contributed by atoms with Crippen molar-refractivity contribution in [3.63, 3.8) is 0 Å². The normalized spacial score (nSPS) is 13.7. The maximum absolute atomic E-state index is 11.8. The number of hydrogen-bond donors (Lipinski definition) is 3. The first-order valence-electron chi connectivity index (χ1n) is 7.39. The summed E-state index contributed by atoms with van der Waals surface area (Å²) < 4.78 is 1.03. The summed E-state index contributed by atoms with van der Waals surface area (Å²) in [5.41, 5.74) is 1.18. The molecular formula is C16H24BrNO3. The first kappa shape index (κ1) is 18.1. The number of aryl methyl sites for hydroxylation is 1. The molecule has 3 N–H and O–H groups in total. The molecular weight excluding hydrogens is 334 g/mol. The van der Waals surface area contributed by atoms with Crippen LogP contribution in [-0.2, 0) is 11.2 Å². The minimum absolute atomic E-state index is 0.126. The van der Waals surface area contributed by atoms with Gasteiger partial charge in [-0.1, -0.05) is 41.4 Å². The molecule has 0 aliphatic heterocycles. The van der Waals surface area contributed by atoms with E-state index in [9.17, 15) is 15.0 Å². The molecule has 0 aliphatic rings. The molecule has 1 aromatic rings. The molecule has 1 aromatic carbocycles. The molecule has 118 valence electrons. The SMILES string of the molecule is CCCC(O)C(CO)NC(=O)CCCc1cccc(Br)c1. The maximum atomic E-state index is 11.8. The quantitative estimate of drug-likeness (QED) is 0.635. The Morgan fingerprint density at radius 2 is 2.19 bits per heavy atom. The van der Waals surface area contributed by atoms with Gasteiger partial charge in [0.1, 0.15) is 0 Å². The Labute approximate surface area is 134 Å². The minimum Gasteiger partial charge on any atom is -0.394 e. The second-order valence-electron chi connectivity index (χ2n) is 5.20. The predicted molar refractivity (Wildman–Crippen MR) is 87.0 cm³/mol. The van der Waals surface area contributed by atoms with Gasteiger partial charge in [0.15, 0.2) is 0 Å². The van der Waals surface area contributed by atoms with E-state index in [0.717, 1.165) is 23.7 Å². The van der Waals surface area contributed by atoms with E-state index in [1.807, 2.05) is 31.2 Å². The molecule has 4 nitrogen and oxygen atoms in total. The van der Waals surface area contributed by atoms with Crippen molar-refractivity contribution in [2.24, 2.45) is 0 Å². The topological polar surface area (TPSA) is 69.6 Å². The zero-order valence-corrected chi connectivity index (χ0v) is 14.0. The van der Waals surface area contributed by atoms with E-state index in [0.29, 0.717) is 12.8 Å². The number of rotatable bonds is 9. The van der Waals surface area contributed by atoms with Gasteiger partial charge in [0.25, 0.3) is 0 Å². The van der Waals surface area contributed by atoms with E-state index < -0.39 is 12.1 Å². The molecule has 0 heterocycles. The average Bonchev–Trinajstić information content (AvgIpc) is 2.45. The monoisotopic (exact) mass is 357 g/mol. The van der Waals surface area contributed by atoms with Gasteiger partial charge in [-0.05, 0) is 37.0 Å². The van der Waals surface area contributed by atoms with Crippen molar-refractivity contribution in [1.29, 1.82) is 0 Å². The number of aliphatic hydroxyl groups is 2. The second kappa shape index (κ2) is 9.92. The fraction of sp³-hybridized carbons (Fsp3) is 0.562. The third-order valence-electron chi connectivity index (χ3n) is 3.35. The lowest BCUT2D eigenvalue weighted by atomic mass is 10.1. The van der Waals surface area contributed by atoms with Crippen molar-refractivity contribution >= 4 is 21.8 Å². The Balaban J connectivity index is 2.33. The lowest BCUT2D eigenvalue weighted by Crippen LogP contribution is -2.45. The summed E-state index contributed by atoms with van der Waals surface area (Å²) in [6.07, 6.45) is 2.66. The highest BCUT2D eigenvalue weighted by Gasteiger charge is 2.19. The van der Waals surface area contributed by atoms with Crippen molar-refractivity contribution in [3.05, 3.63) is 34.3 Å². The molecule has 1 rings (SSSR count). The number of amides is 1. The highest BCUT2D eigenvalue weighted by molar-refractivity contribution is 9.10. The van der Waals surface area contributed by atoms with Crippen LogP contribution < -0.4 is 5.32 Å². The van der Waals surface area contributed by atoms with E-state index >= 15 is 0 Å². The van der Waals surface area contributed by atoms with Crippen LogP contribution in [0.2, 0.25) is 0 Å². The Morgan fingerprint density at radius 3 is 2.81 bits per heavy atom. The van der Waals surface area contributed by atoms with Crippen LogP contribution in [-0.4, -0.2) is 34.9 Å². The van der Waals surface area contributed by atoms with Crippen LogP contribution in [0.15, 0.2) is 28.7 Å². The van der Waals surface area contributed by atoms with Gasteiger partial charge in [-0.2, -0.15) is 0 Å². The Bertz CT molecular complexity index is 439. The summed E-state index contributed by atoms with van der Waals surface area (Å²) in [4.78, 5) is 11.8. The number of carbonyl (C=O) groups excluding carboxylic acids is 1. The van der Waals surface area contributed by atoms with Crippen LogP contribution >= 0.6 is 15.9 Å². The first-order chi connectivity index (χ1) is 10.1. The van der Waals surface area contributed by atoms with Gasteiger partial charge in [0.05, 0.1) is 18.8 Å². The Morgan fingerprint density at radius 1 is 1.43 bits per heavy atom. The maximum Gasteiger partial charge on any atom is 0.220 e. The van der Waals surface area contributed by atoms with Gasteiger partial charge >= 0.3 is 0 Å². The van der Waals surface area contributed by atoms with Crippen LogP contribution in [0.5, 0.6) is 0 Å². The Kier molecular flexibility index (Phi) is 8.57. The number of aliphatic hydroxyl groups excluding tert-OH is 2. The third kappa shape index (κ3) is 7.07. The second-order valence-corrected chi connectivity index (χ2v) is 6.11. The minimum atomic E-state index is -0.686. The van der Waals surface area contributed by atoms with Crippen LogP contribution in [0.25, 0.3) is 0 Å². The van der Waals surface area contributed by atoms with E-state index in [2.05, 4.69) is 21.2 Å². The molecule has 0 aliphatic carbocycles. The number of benzene rings is 1. The van der Waals surface area contributed by atoms with Crippen LogP contribution in [0.4, 0.5) is 0 Å². The zero-order valence-electron chi connectivity index (χ0n) is 12.4. The summed E-state index contributed by atoms with van der Waals surface area (Å²) in [5, 5.41) is 21.7. The average molecular weight is 358 g/mol. The van der Waals surface area contributed by atoms with E-state index in [1.54, 1.807) is 0 Å². The molecule has 0 bridgehead atoms. The molecule has 2 unspecified atom stereocenters. The van der Waals surface area contributed by atoms with Gasteiger partial charge in [0, 0.05) is 10.9 Å². The van der Waals surface area contributed by atoms with Gasteiger partial charge in [0.2, 0.25) is 5.91 Å². The van der Waals surface area contributed by atoms with Crippen molar-refractivity contribution < 1.29 is 15.0 Å². The van der Waals surface area contributed by atoms with Gasteiger partial charge < -0.3 is 15.5 Å². The van der Waals surface area contributed by atoms with Crippen LogP contribution in [0.3, 0.4) is 0 Å². The van der Waals surface area contributed by atoms with Gasteiger partial charge in [-0.15, -0.1) is 0 Å². The van der Waals surface area contributed by atoms with E-state index in [-0.39, 0.29) is 12.5 Å². The molecule has 0 radical (unpaired) electrons. The molecule has 0 aromatic heterocycles. The molecule has 1 amide bonds. The molecule has 5 heteroatoms. The fourth-order valence-corrected chi connectivity index (χ4v) is 2.63. The number of halogens is 1. The molecule has 0 fully saturated rings. The molecule has 0 spiro atoms. The fourth-order valence-electron chi connectivity index (χ4n) is 2.18. The number of carbonyl (C=O) groups is 1. The molecule has 0 saturated heterocycles. The van der Waals surface area contributed by atoms with E-state index in [4.69, 9.17) is 0 Å². The lowest BCUT2D eigenvalue weighted by molar-refractivity contribution is -0.123. The van der Waals surface area contributed by atoms with Crippen molar-refractivity contribution in [3.8, 4) is 0 Å². The highest BCUT2D eigenvalue weighted by Crippen LogP contribution is 2.13. The van der Waals surface area contributed by atoms with Crippen LogP contribution in [0, 0.1) is 0 Å². The van der Waals surface area contributed by atoms with Gasteiger partial charge in [-0.25, -0.2) is 0 Å². The standard InChI is InChI=1S/C16H24BrNO3/c1-2-5-15(20)14(11-19)18-16(21)9-4-7-12-6-3-8-13(17)10-12/h3,6,8,10,14-15,19-20H,2,4-5,7,9,11H2,1H3,(H,18,21). The Hall–Kier alpha value is -0.910. The van der Waals surface area contributed by atoms with Crippen molar-refractivity contribution in [2.75, 3.05) is 6.61 Å². The third-order valence-corrected chi connectivity index (χ3v) is 3.84. The highest BCUT2D eigenvalue weighted by atomic mass is 79.9. The molecule has 0 saturated carbocycles. The molecule has 2 atom stereocenters. The first-order valence-corrected chi connectivity index (χ1v) is 8.18. The summed E-state index contributed by atoms with van der Waals surface area (Å²) in [5.74, 6) is -0.126. The zero-order chi connectivity index (χ0) is 15.7. The summed E-state index contributed by atoms with van der Waals surface area (Å²) >= 11 is 3.42. The lowest BCUT2D eigenvalue weighted by Gasteiger charge is -2.21. The van der Waals surface area contributed by atoms with Crippen LogP contribution in [0.1, 0.15) is 38.2 Å². The predicted octanol–water partition coefficient (Wildman–Crippen LogP) is 2.41. The number of hydrogen-bond acceptors (Lipinski definition) is 3. The number of nitrogens with one attached hydrogen (secondary N) is 1. The summed E-state index contributed by atoms with van der Waals surface area (Å²) in [7, 11) is 0. The molecule has 21 heavy (non-hydrogen) atoms. The van der Waals surface area contributed by atoms with Gasteiger partial charge in [-0.3, -0.25) is 4.79 Å². The summed E-state index contributed by atoms with van der Waals surface area (Å²) in [6, 6.07) is 7.45. The summed E-state index contributed by atoms with van der Waals surface area (Å²) in [6.45, 7) is 1.72. The van der Waals surface area contributed by atoms with Crippen molar-refractivity contribution in [2.45, 2.75) is 51.2 Å². The van der Waals surface area contributed by atoms with E-state index in [1.165, 1.54) is 5.56 Å². The van der Waals surface area contributed by atoms with Crippen molar-refractivity contribution in [1.82, 2.24) is 5.32 Å². The largest absolute Gasteiger partial charge is 0.394 e.